The molecule has 164 valence electrons. The number of carbonyl (C=O) groups excluding carboxylic acids is 1. The van der Waals surface area contributed by atoms with Gasteiger partial charge in [0.25, 0.3) is 5.91 Å². The van der Waals surface area contributed by atoms with Gasteiger partial charge in [0, 0.05) is 10.7 Å². The number of nitrogens with one attached hydrogen (secondary N) is 1. The van der Waals surface area contributed by atoms with Crippen LogP contribution in [0.4, 0.5) is 5.69 Å². The molecule has 5 nitrogen and oxygen atoms in total. The van der Waals surface area contributed by atoms with Gasteiger partial charge < -0.3 is 14.5 Å². The third-order valence-corrected chi connectivity index (χ3v) is 5.83. The SMILES string of the molecule is CC[C@@H](C)c1ccc(OCC(=O)Nc2ccc(Cl)c(-c3nc4cc(Cl)ccc4o3)c2)cc1. The Labute approximate surface area is 196 Å². The second-order valence-corrected chi connectivity index (χ2v) is 8.38. The Balaban J connectivity index is 1.43. The fourth-order valence-electron chi connectivity index (χ4n) is 3.26. The minimum Gasteiger partial charge on any atom is -0.484 e. The highest BCUT2D eigenvalue weighted by Gasteiger charge is 2.14. The van der Waals surface area contributed by atoms with Crippen molar-refractivity contribution in [1.82, 2.24) is 4.98 Å². The van der Waals surface area contributed by atoms with Gasteiger partial charge in [-0.2, -0.15) is 0 Å². The second kappa shape index (κ2) is 9.63. The number of aromatic nitrogens is 1. The van der Waals surface area contributed by atoms with Crippen LogP contribution in [-0.2, 0) is 4.79 Å². The summed E-state index contributed by atoms with van der Waals surface area (Å²) in [5.41, 5.74) is 3.61. The summed E-state index contributed by atoms with van der Waals surface area (Å²) < 4.78 is 11.4. The van der Waals surface area contributed by atoms with Crippen molar-refractivity contribution in [2.45, 2.75) is 26.2 Å². The molecule has 0 bridgehead atoms. The molecule has 7 heteroatoms. The Hall–Kier alpha value is -3.02. The lowest BCUT2D eigenvalue weighted by atomic mass is 9.99. The smallest absolute Gasteiger partial charge is 0.262 e. The summed E-state index contributed by atoms with van der Waals surface area (Å²) in [4.78, 5) is 16.8. The van der Waals surface area contributed by atoms with E-state index in [1.807, 2.05) is 24.3 Å². The minimum absolute atomic E-state index is 0.109. The lowest BCUT2D eigenvalue weighted by molar-refractivity contribution is -0.118. The number of halogens is 2. The van der Waals surface area contributed by atoms with E-state index >= 15 is 0 Å². The van der Waals surface area contributed by atoms with Crippen molar-refractivity contribution in [2.24, 2.45) is 0 Å². The molecule has 0 aliphatic rings. The quantitative estimate of drug-likeness (QED) is 0.308. The number of ether oxygens (including phenoxy) is 1. The summed E-state index contributed by atoms with van der Waals surface area (Å²) in [6, 6.07) is 18.1. The van der Waals surface area contributed by atoms with Gasteiger partial charge in [0.2, 0.25) is 5.89 Å². The molecule has 1 aromatic heterocycles. The first-order valence-electron chi connectivity index (χ1n) is 10.3. The van der Waals surface area contributed by atoms with Crippen LogP contribution in [0.1, 0.15) is 31.7 Å². The summed E-state index contributed by atoms with van der Waals surface area (Å²) in [7, 11) is 0. The lowest BCUT2D eigenvalue weighted by Gasteiger charge is -2.11. The molecule has 3 aromatic carbocycles. The van der Waals surface area contributed by atoms with Crippen LogP contribution in [0.2, 0.25) is 10.0 Å². The zero-order chi connectivity index (χ0) is 22.7. The van der Waals surface area contributed by atoms with Crippen LogP contribution in [0.15, 0.2) is 65.1 Å². The third kappa shape index (κ3) is 5.06. The number of amides is 1. The average Bonchev–Trinajstić information content (AvgIpc) is 3.21. The van der Waals surface area contributed by atoms with E-state index < -0.39 is 0 Å². The number of carbonyl (C=O) groups is 1. The van der Waals surface area contributed by atoms with Crippen molar-refractivity contribution in [3.8, 4) is 17.2 Å². The zero-order valence-corrected chi connectivity index (χ0v) is 19.2. The lowest BCUT2D eigenvalue weighted by Crippen LogP contribution is -2.20. The molecule has 0 spiro atoms. The normalized spacial score (nSPS) is 12.0. The van der Waals surface area contributed by atoms with Gasteiger partial charge in [-0.15, -0.1) is 0 Å². The highest BCUT2D eigenvalue weighted by molar-refractivity contribution is 6.33. The van der Waals surface area contributed by atoms with Gasteiger partial charge in [0.15, 0.2) is 12.2 Å². The number of rotatable bonds is 7. The predicted octanol–water partition coefficient (Wildman–Crippen LogP) is 7.33. The summed E-state index contributed by atoms with van der Waals surface area (Å²) in [6.07, 6.45) is 1.07. The van der Waals surface area contributed by atoms with E-state index in [1.165, 1.54) is 5.56 Å². The molecule has 0 fully saturated rings. The maximum absolute atomic E-state index is 12.4. The molecule has 1 heterocycles. The molecule has 0 radical (unpaired) electrons. The second-order valence-electron chi connectivity index (χ2n) is 7.54. The highest BCUT2D eigenvalue weighted by Crippen LogP contribution is 2.33. The zero-order valence-electron chi connectivity index (χ0n) is 17.7. The molecule has 0 saturated carbocycles. The van der Waals surface area contributed by atoms with Crippen molar-refractivity contribution in [2.75, 3.05) is 11.9 Å². The number of benzene rings is 3. The fraction of sp³-hybridized carbons (Fsp3) is 0.200. The van der Waals surface area contributed by atoms with E-state index in [0.29, 0.717) is 50.0 Å². The van der Waals surface area contributed by atoms with Crippen LogP contribution < -0.4 is 10.1 Å². The van der Waals surface area contributed by atoms with Crippen LogP contribution in [0, 0.1) is 0 Å². The van der Waals surface area contributed by atoms with E-state index in [9.17, 15) is 4.79 Å². The van der Waals surface area contributed by atoms with Crippen molar-refractivity contribution >= 4 is 45.9 Å². The highest BCUT2D eigenvalue weighted by atomic mass is 35.5. The topological polar surface area (TPSA) is 64.4 Å². The monoisotopic (exact) mass is 468 g/mol. The number of nitrogens with zero attached hydrogens (tertiary/aromatic N) is 1. The van der Waals surface area contributed by atoms with Gasteiger partial charge >= 0.3 is 0 Å². The molecule has 4 aromatic rings. The Kier molecular flexibility index (Phi) is 6.68. The van der Waals surface area contributed by atoms with E-state index in [4.69, 9.17) is 32.4 Å². The molecule has 1 atom stereocenters. The van der Waals surface area contributed by atoms with Gasteiger partial charge in [0.05, 0.1) is 10.6 Å². The van der Waals surface area contributed by atoms with E-state index in [1.54, 1.807) is 36.4 Å². The average molecular weight is 469 g/mol. The number of oxazole rings is 1. The maximum atomic E-state index is 12.4. The molecule has 0 saturated heterocycles. The summed E-state index contributed by atoms with van der Waals surface area (Å²) >= 11 is 12.4. The van der Waals surface area contributed by atoms with Crippen molar-refractivity contribution < 1.29 is 13.9 Å². The molecule has 0 aliphatic heterocycles. The number of hydrogen-bond donors (Lipinski definition) is 1. The summed E-state index contributed by atoms with van der Waals surface area (Å²) in [5, 5.41) is 3.84. The molecule has 1 N–H and O–H groups in total. The first kappa shape index (κ1) is 22.2. The number of anilines is 1. The molecule has 0 aliphatic carbocycles. The van der Waals surface area contributed by atoms with Gasteiger partial charge in [-0.05, 0) is 66.4 Å². The predicted molar refractivity (Wildman–Crippen MR) is 129 cm³/mol. The summed E-state index contributed by atoms with van der Waals surface area (Å²) in [5.74, 6) is 1.20. The Morgan fingerprint density at radius 3 is 2.62 bits per heavy atom. The van der Waals surface area contributed by atoms with Gasteiger partial charge in [-0.3, -0.25) is 4.79 Å². The van der Waals surface area contributed by atoms with Crippen molar-refractivity contribution in [3.05, 3.63) is 76.3 Å². The fourth-order valence-corrected chi connectivity index (χ4v) is 3.62. The van der Waals surface area contributed by atoms with Crippen LogP contribution in [0.25, 0.3) is 22.6 Å². The van der Waals surface area contributed by atoms with Gasteiger partial charge in [-0.25, -0.2) is 4.98 Å². The molecule has 0 unspecified atom stereocenters. The standard InChI is InChI=1S/C25H22Cl2N2O3/c1-3-15(2)16-4-8-19(9-5-16)31-14-24(30)28-18-7-10-21(27)20(13-18)25-29-22-12-17(26)6-11-23(22)32-25/h4-13,15H,3,14H2,1-2H3,(H,28,30)/t15-/m1/s1. The maximum Gasteiger partial charge on any atom is 0.262 e. The van der Waals surface area contributed by atoms with Crippen LogP contribution in [0.3, 0.4) is 0 Å². The third-order valence-electron chi connectivity index (χ3n) is 5.26. The molecular formula is C25H22Cl2N2O3. The van der Waals surface area contributed by atoms with E-state index in [0.717, 1.165) is 6.42 Å². The van der Waals surface area contributed by atoms with Crippen molar-refractivity contribution in [1.29, 1.82) is 0 Å². The number of hydrogen-bond acceptors (Lipinski definition) is 4. The van der Waals surface area contributed by atoms with E-state index in [2.05, 4.69) is 24.1 Å². The van der Waals surface area contributed by atoms with Crippen molar-refractivity contribution in [3.63, 3.8) is 0 Å². The van der Waals surface area contributed by atoms with Crippen LogP contribution in [0.5, 0.6) is 5.75 Å². The summed E-state index contributed by atoms with van der Waals surface area (Å²) in [6.45, 7) is 4.23. The van der Waals surface area contributed by atoms with Gasteiger partial charge in [0.1, 0.15) is 11.3 Å². The largest absolute Gasteiger partial charge is 0.484 e. The minimum atomic E-state index is -0.284. The molecular weight excluding hydrogens is 447 g/mol. The van der Waals surface area contributed by atoms with Crippen LogP contribution in [-0.4, -0.2) is 17.5 Å². The Bertz CT molecular complexity index is 1250. The first-order chi connectivity index (χ1) is 15.4. The van der Waals surface area contributed by atoms with Gasteiger partial charge in [-0.1, -0.05) is 49.2 Å². The molecule has 4 rings (SSSR count). The first-order valence-corrected chi connectivity index (χ1v) is 11.1. The van der Waals surface area contributed by atoms with E-state index in [-0.39, 0.29) is 12.5 Å². The van der Waals surface area contributed by atoms with Crippen LogP contribution >= 0.6 is 23.2 Å². The Morgan fingerprint density at radius 1 is 1.09 bits per heavy atom. The number of fused-ring (bicyclic) bond motifs is 1. The molecule has 32 heavy (non-hydrogen) atoms. The Morgan fingerprint density at radius 2 is 1.88 bits per heavy atom. The molecule has 1 amide bonds.